The maximum Gasteiger partial charge on any atom is 0.421 e. The molecular formula is C11H8F3NO. The van der Waals surface area contributed by atoms with Crippen molar-refractivity contribution >= 4 is 10.9 Å². The first-order valence-electron chi connectivity index (χ1n) is 4.57. The van der Waals surface area contributed by atoms with E-state index in [4.69, 9.17) is 0 Å². The van der Waals surface area contributed by atoms with Gasteiger partial charge in [-0.2, -0.15) is 13.2 Å². The second-order valence-corrected chi connectivity index (χ2v) is 3.48. The molecule has 0 spiro atoms. The number of fused-ring (bicyclic) bond motifs is 1. The molecule has 0 atom stereocenters. The molecule has 84 valence electrons. The summed E-state index contributed by atoms with van der Waals surface area (Å²) in [5.74, 6) is 0. The Hall–Kier alpha value is -1.78. The number of aromatic nitrogens is 1. The molecule has 0 unspecified atom stereocenters. The zero-order valence-electron chi connectivity index (χ0n) is 8.38. The van der Waals surface area contributed by atoms with Crippen LogP contribution in [0.3, 0.4) is 0 Å². The molecular weight excluding hydrogens is 219 g/mol. The summed E-state index contributed by atoms with van der Waals surface area (Å²) in [7, 11) is 1.33. The lowest BCUT2D eigenvalue weighted by atomic mass is 10.1. The lowest BCUT2D eigenvalue weighted by Crippen LogP contribution is -2.26. The van der Waals surface area contributed by atoms with Crippen LogP contribution in [-0.4, -0.2) is 4.57 Å². The van der Waals surface area contributed by atoms with E-state index in [9.17, 15) is 18.0 Å². The average molecular weight is 227 g/mol. The summed E-state index contributed by atoms with van der Waals surface area (Å²) in [6.45, 7) is 0. The molecule has 1 aromatic carbocycles. The van der Waals surface area contributed by atoms with E-state index in [2.05, 4.69) is 0 Å². The summed E-state index contributed by atoms with van der Waals surface area (Å²) in [4.78, 5) is 11.5. The second kappa shape index (κ2) is 3.37. The number of hydrogen-bond acceptors (Lipinski definition) is 1. The fourth-order valence-corrected chi connectivity index (χ4v) is 1.63. The first kappa shape index (κ1) is 10.7. The van der Waals surface area contributed by atoms with Crippen LogP contribution in [0.2, 0.25) is 0 Å². The van der Waals surface area contributed by atoms with Crippen molar-refractivity contribution in [3.8, 4) is 0 Å². The molecule has 5 heteroatoms. The lowest BCUT2D eigenvalue weighted by Gasteiger charge is -2.10. The van der Waals surface area contributed by atoms with Crippen LogP contribution >= 0.6 is 0 Å². The Kier molecular flexibility index (Phi) is 2.26. The molecule has 0 fully saturated rings. The molecule has 0 aliphatic carbocycles. The van der Waals surface area contributed by atoms with Crippen LogP contribution in [0.1, 0.15) is 5.56 Å². The number of alkyl halides is 3. The predicted octanol–water partition coefficient (Wildman–Crippen LogP) is 2.56. The number of rotatable bonds is 0. The van der Waals surface area contributed by atoms with Gasteiger partial charge in [-0.3, -0.25) is 4.79 Å². The molecule has 0 radical (unpaired) electrons. The van der Waals surface area contributed by atoms with Crippen molar-refractivity contribution in [2.75, 3.05) is 0 Å². The zero-order chi connectivity index (χ0) is 11.9. The van der Waals surface area contributed by atoms with Gasteiger partial charge in [-0.05, 0) is 17.5 Å². The number of para-hydroxylation sites is 1. The summed E-state index contributed by atoms with van der Waals surface area (Å²) in [6.07, 6.45) is -4.61. The highest BCUT2D eigenvalue weighted by atomic mass is 19.4. The summed E-state index contributed by atoms with van der Waals surface area (Å²) in [5, 5.41) is 0.400. The third-order valence-corrected chi connectivity index (χ3v) is 2.44. The molecule has 2 nitrogen and oxygen atoms in total. The van der Waals surface area contributed by atoms with Crippen LogP contribution in [0.4, 0.5) is 13.2 Å². The summed E-state index contributed by atoms with van der Waals surface area (Å²) in [5.41, 5.74) is -1.67. The molecule has 0 amide bonds. The van der Waals surface area contributed by atoms with Crippen LogP contribution in [0.5, 0.6) is 0 Å². The van der Waals surface area contributed by atoms with E-state index in [1.54, 1.807) is 24.3 Å². The number of hydrogen-bond donors (Lipinski definition) is 0. The number of aryl methyl sites for hydroxylation is 1. The fourth-order valence-electron chi connectivity index (χ4n) is 1.63. The molecule has 1 aromatic heterocycles. The highest BCUT2D eigenvalue weighted by Crippen LogP contribution is 2.28. The Balaban J connectivity index is 2.90. The van der Waals surface area contributed by atoms with Gasteiger partial charge in [0, 0.05) is 7.05 Å². The Morgan fingerprint density at radius 1 is 1.19 bits per heavy atom. The molecule has 0 N–H and O–H groups in total. The van der Waals surface area contributed by atoms with Gasteiger partial charge in [0.15, 0.2) is 0 Å². The van der Waals surface area contributed by atoms with Gasteiger partial charge >= 0.3 is 6.18 Å². The van der Waals surface area contributed by atoms with E-state index in [1.165, 1.54) is 7.05 Å². The van der Waals surface area contributed by atoms with Gasteiger partial charge in [0.25, 0.3) is 5.56 Å². The van der Waals surface area contributed by atoms with E-state index in [-0.39, 0.29) is 0 Å². The molecule has 0 aliphatic heterocycles. The van der Waals surface area contributed by atoms with Crippen molar-refractivity contribution < 1.29 is 13.2 Å². The van der Waals surface area contributed by atoms with Gasteiger partial charge in [0.05, 0.1) is 5.52 Å². The quantitative estimate of drug-likeness (QED) is 0.678. The monoisotopic (exact) mass is 227 g/mol. The van der Waals surface area contributed by atoms with E-state index in [0.717, 1.165) is 10.6 Å². The predicted molar refractivity (Wildman–Crippen MR) is 54.2 cm³/mol. The Bertz CT molecular complexity index is 598. The smallest absolute Gasteiger partial charge is 0.311 e. The van der Waals surface area contributed by atoms with Crippen LogP contribution in [-0.2, 0) is 13.2 Å². The van der Waals surface area contributed by atoms with Crippen molar-refractivity contribution in [2.45, 2.75) is 6.18 Å². The maximum absolute atomic E-state index is 12.5. The molecule has 0 saturated heterocycles. The fraction of sp³-hybridized carbons (Fsp3) is 0.182. The minimum absolute atomic E-state index is 0.400. The van der Waals surface area contributed by atoms with Crippen LogP contribution in [0, 0.1) is 0 Å². The Morgan fingerprint density at radius 3 is 2.44 bits per heavy atom. The SMILES string of the molecule is Cn1c(=O)c(C(F)(F)F)cc2ccccc21. The standard InChI is InChI=1S/C11H8F3NO/c1-15-9-5-3-2-4-7(9)6-8(10(15)16)11(12,13)14/h2-6H,1H3. The van der Waals surface area contributed by atoms with Gasteiger partial charge in [-0.15, -0.1) is 0 Å². The number of halogens is 3. The lowest BCUT2D eigenvalue weighted by molar-refractivity contribution is -0.138. The van der Waals surface area contributed by atoms with Crippen molar-refractivity contribution in [1.82, 2.24) is 4.57 Å². The summed E-state index contributed by atoms with van der Waals surface area (Å²) in [6, 6.07) is 7.35. The number of nitrogens with zero attached hydrogens (tertiary/aromatic N) is 1. The van der Waals surface area contributed by atoms with Gasteiger partial charge in [-0.25, -0.2) is 0 Å². The van der Waals surface area contributed by atoms with Crippen molar-refractivity contribution in [1.29, 1.82) is 0 Å². The highest BCUT2D eigenvalue weighted by Gasteiger charge is 2.34. The van der Waals surface area contributed by atoms with Gasteiger partial charge in [-0.1, -0.05) is 18.2 Å². The normalized spacial score (nSPS) is 12.0. The summed E-state index contributed by atoms with van der Waals surface area (Å²) >= 11 is 0. The molecule has 2 aromatic rings. The second-order valence-electron chi connectivity index (χ2n) is 3.48. The highest BCUT2D eigenvalue weighted by molar-refractivity contribution is 5.79. The molecule has 0 bridgehead atoms. The minimum atomic E-state index is -4.61. The third kappa shape index (κ3) is 1.58. The minimum Gasteiger partial charge on any atom is -0.311 e. The third-order valence-electron chi connectivity index (χ3n) is 2.44. The number of pyridine rings is 1. The molecule has 16 heavy (non-hydrogen) atoms. The topological polar surface area (TPSA) is 22.0 Å². The largest absolute Gasteiger partial charge is 0.421 e. The van der Waals surface area contributed by atoms with Crippen LogP contribution < -0.4 is 5.56 Å². The van der Waals surface area contributed by atoms with Crippen LogP contribution in [0.15, 0.2) is 35.1 Å². The van der Waals surface area contributed by atoms with Crippen molar-refractivity contribution in [3.05, 3.63) is 46.2 Å². The average Bonchev–Trinajstić information content (AvgIpc) is 2.22. The van der Waals surface area contributed by atoms with E-state index < -0.39 is 17.3 Å². The van der Waals surface area contributed by atoms with E-state index in [1.807, 2.05) is 0 Å². The van der Waals surface area contributed by atoms with Gasteiger partial charge < -0.3 is 4.57 Å². The van der Waals surface area contributed by atoms with Crippen LogP contribution in [0.25, 0.3) is 10.9 Å². The Labute approximate surface area is 88.9 Å². The summed E-state index contributed by atoms with van der Waals surface area (Å²) < 4.78 is 38.6. The molecule has 0 saturated carbocycles. The molecule has 2 rings (SSSR count). The first-order chi connectivity index (χ1) is 7.41. The zero-order valence-corrected chi connectivity index (χ0v) is 8.38. The Morgan fingerprint density at radius 2 is 1.81 bits per heavy atom. The van der Waals surface area contributed by atoms with Gasteiger partial charge in [0.2, 0.25) is 0 Å². The number of benzene rings is 1. The first-order valence-corrected chi connectivity index (χ1v) is 4.57. The van der Waals surface area contributed by atoms with Gasteiger partial charge in [0.1, 0.15) is 5.56 Å². The van der Waals surface area contributed by atoms with Crippen molar-refractivity contribution in [2.24, 2.45) is 7.05 Å². The molecule has 1 heterocycles. The molecule has 0 aliphatic rings. The van der Waals surface area contributed by atoms with Crippen molar-refractivity contribution in [3.63, 3.8) is 0 Å². The van der Waals surface area contributed by atoms with E-state index >= 15 is 0 Å². The maximum atomic E-state index is 12.5. The van der Waals surface area contributed by atoms with E-state index in [0.29, 0.717) is 10.9 Å².